The first-order chi connectivity index (χ1) is 8.09. The number of carbonyl (C=O) groups excluding carboxylic acids is 1. The number of carboxylic acid groups (broad SMARTS) is 1. The zero-order chi connectivity index (χ0) is 12.7. The molecule has 5 heteroatoms. The summed E-state index contributed by atoms with van der Waals surface area (Å²) in [4.78, 5) is 21.7. The smallest absolute Gasteiger partial charge is 0.335 e. The van der Waals surface area contributed by atoms with E-state index in [9.17, 15) is 14.7 Å². The van der Waals surface area contributed by atoms with Crippen LogP contribution in [0.3, 0.4) is 0 Å². The van der Waals surface area contributed by atoms with Crippen molar-refractivity contribution in [3.63, 3.8) is 0 Å². The van der Waals surface area contributed by atoms with E-state index < -0.39 is 24.5 Å². The third-order valence-electron chi connectivity index (χ3n) is 2.98. The number of rotatable bonds is 4. The highest BCUT2D eigenvalue weighted by Gasteiger charge is 2.23. The number of hydrogen-bond acceptors (Lipinski definition) is 4. The van der Waals surface area contributed by atoms with Crippen LogP contribution < -0.4 is 0 Å². The van der Waals surface area contributed by atoms with Gasteiger partial charge in [-0.05, 0) is 25.7 Å². The van der Waals surface area contributed by atoms with Crippen molar-refractivity contribution in [3.05, 3.63) is 0 Å². The molecule has 0 bridgehead atoms. The number of aliphatic carboxylic acids is 1. The lowest BCUT2D eigenvalue weighted by atomic mass is 9.98. The lowest BCUT2D eigenvalue weighted by Crippen LogP contribution is -2.30. The predicted octanol–water partition coefficient (Wildman–Crippen LogP) is 1.48. The van der Waals surface area contributed by atoms with Gasteiger partial charge in [0.1, 0.15) is 6.10 Å². The molecule has 1 rings (SSSR count). The molecule has 0 spiro atoms. The maximum atomic E-state index is 11.4. The highest BCUT2D eigenvalue weighted by atomic mass is 16.6. The van der Waals surface area contributed by atoms with Gasteiger partial charge in [-0.1, -0.05) is 19.3 Å². The number of hydrogen-bond donors (Lipinski definition) is 2. The molecule has 1 saturated carbocycles. The van der Waals surface area contributed by atoms with Crippen molar-refractivity contribution in [2.24, 2.45) is 0 Å². The van der Waals surface area contributed by atoms with Crippen LogP contribution in [0.25, 0.3) is 0 Å². The van der Waals surface area contributed by atoms with Crippen LogP contribution in [0.2, 0.25) is 0 Å². The maximum Gasteiger partial charge on any atom is 0.335 e. The van der Waals surface area contributed by atoms with Gasteiger partial charge in [0, 0.05) is 0 Å². The number of carboxylic acids is 1. The van der Waals surface area contributed by atoms with Gasteiger partial charge in [-0.25, -0.2) is 4.79 Å². The standard InChI is InChI=1S/C12H20O5/c13-10(8-11(14)15)12(16)17-9-6-4-2-1-3-5-7-9/h9-10,13H,1-8H2,(H,14,15). The molecule has 0 aromatic rings. The van der Waals surface area contributed by atoms with Crippen LogP contribution in [0.5, 0.6) is 0 Å². The van der Waals surface area contributed by atoms with Crippen LogP contribution in [0.1, 0.15) is 51.4 Å². The van der Waals surface area contributed by atoms with E-state index in [-0.39, 0.29) is 6.10 Å². The summed E-state index contributed by atoms with van der Waals surface area (Å²) in [5, 5.41) is 17.7. The molecule has 0 aromatic heterocycles. The summed E-state index contributed by atoms with van der Waals surface area (Å²) in [5.74, 6) is -2.01. The van der Waals surface area contributed by atoms with Gasteiger partial charge in [0.15, 0.2) is 6.10 Å². The molecule has 1 atom stereocenters. The second-order valence-electron chi connectivity index (χ2n) is 4.52. The lowest BCUT2D eigenvalue weighted by Gasteiger charge is -2.21. The zero-order valence-electron chi connectivity index (χ0n) is 9.93. The molecular formula is C12H20O5. The van der Waals surface area contributed by atoms with Gasteiger partial charge in [-0.2, -0.15) is 0 Å². The van der Waals surface area contributed by atoms with Gasteiger partial charge in [0.25, 0.3) is 0 Å². The molecule has 0 aromatic carbocycles. The quantitative estimate of drug-likeness (QED) is 0.732. The van der Waals surface area contributed by atoms with Crippen LogP contribution >= 0.6 is 0 Å². The number of aliphatic hydroxyl groups excluding tert-OH is 1. The molecule has 1 aliphatic rings. The average molecular weight is 244 g/mol. The van der Waals surface area contributed by atoms with Crippen LogP contribution in [-0.4, -0.2) is 34.4 Å². The Bertz CT molecular complexity index is 256. The number of esters is 1. The first-order valence-electron chi connectivity index (χ1n) is 6.20. The van der Waals surface area contributed by atoms with E-state index in [2.05, 4.69) is 0 Å². The van der Waals surface area contributed by atoms with E-state index in [0.717, 1.165) is 38.5 Å². The fraction of sp³-hybridized carbons (Fsp3) is 0.833. The molecule has 2 N–H and O–H groups in total. The van der Waals surface area contributed by atoms with E-state index in [4.69, 9.17) is 9.84 Å². The van der Waals surface area contributed by atoms with Gasteiger partial charge in [0.05, 0.1) is 6.42 Å². The second-order valence-corrected chi connectivity index (χ2v) is 4.52. The van der Waals surface area contributed by atoms with Crippen molar-refractivity contribution in [1.29, 1.82) is 0 Å². The summed E-state index contributed by atoms with van der Waals surface area (Å²) in [5.41, 5.74) is 0. The van der Waals surface area contributed by atoms with Gasteiger partial charge < -0.3 is 14.9 Å². The molecular weight excluding hydrogens is 224 g/mol. The molecule has 1 unspecified atom stereocenters. The molecule has 0 aliphatic heterocycles. The molecule has 0 amide bonds. The van der Waals surface area contributed by atoms with Crippen molar-refractivity contribution >= 4 is 11.9 Å². The Labute approximate surface area is 101 Å². The summed E-state index contributed by atoms with van der Waals surface area (Å²) < 4.78 is 5.14. The van der Waals surface area contributed by atoms with Gasteiger partial charge in [-0.15, -0.1) is 0 Å². The normalized spacial score (nSPS) is 20.1. The summed E-state index contributed by atoms with van der Waals surface area (Å²) in [6, 6.07) is 0. The zero-order valence-corrected chi connectivity index (χ0v) is 9.93. The van der Waals surface area contributed by atoms with E-state index in [1.54, 1.807) is 0 Å². The SMILES string of the molecule is O=C(O)CC(O)C(=O)OC1CCCCCCC1. The van der Waals surface area contributed by atoms with Gasteiger partial charge >= 0.3 is 11.9 Å². The molecule has 0 heterocycles. The Hall–Kier alpha value is -1.10. The minimum Gasteiger partial charge on any atom is -0.481 e. The van der Waals surface area contributed by atoms with Gasteiger partial charge in [0.2, 0.25) is 0 Å². The number of ether oxygens (including phenoxy) is 1. The van der Waals surface area contributed by atoms with E-state index in [1.165, 1.54) is 6.42 Å². The van der Waals surface area contributed by atoms with Crippen molar-refractivity contribution in [1.82, 2.24) is 0 Å². The van der Waals surface area contributed by atoms with Crippen LogP contribution in [0.4, 0.5) is 0 Å². The predicted molar refractivity (Wildman–Crippen MR) is 60.5 cm³/mol. The van der Waals surface area contributed by atoms with Crippen molar-refractivity contribution < 1.29 is 24.5 Å². The average Bonchev–Trinajstić information content (AvgIpc) is 2.20. The van der Waals surface area contributed by atoms with Crippen molar-refractivity contribution in [2.45, 2.75) is 63.6 Å². The molecule has 1 fully saturated rings. The van der Waals surface area contributed by atoms with Gasteiger partial charge in [-0.3, -0.25) is 4.79 Å². The van der Waals surface area contributed by atoms with Crippen LogP contribution in [-0.2, 0) is 14.3 Å². The summed E-state index contributed by atoms with van der Waals surface area (Å²) in [7, 11) is 0. The Morgan fingerprint density at radius 1 is 1.12 bits per heavy atom. The molecule has 0 saturated heterocycles. The summed E-state index contributed by atoms with van der Waals surface area (Å²) in [6.45, 7) is 0. The maximum absolute atomic E-state index is 11.4. The van der Waals surface area contributed by atoms with E-state index >= 15 is 0 Å². The molecule has 1 aliphatic carbocycles. The Morgan fingerprint density at radius 3 is 2.18 bits per heavy atom. The largest absolute Gasteiger partial charge is 0.481 e. The Balaban J connectivity index is 2.34. The third kappa shape index (κ3) is 5.68. The first kappa shape index (κ1) is 14.0. The van der Waals surface area contributed by atoms with E-state index in [0.29, 0.717) is 0 Å². The van der Waals surface area contributed by atoms with E-state index in [1.807, 2.05) is 0 Å². The summed E-state index contributed by atoms with van der Waals surface area (Å²) in [6.07, 6.45) is 4.88. The molecule has 0 radical (unpaired) electrons. The highest BCUT2D eigenvalue weighted by Crippen LogP contribution is 2.20. The fourth-order valence-electron chi connectivity index (χ4n) is 2.03. The Morgan fingerprint density at radius 2 is 1.65 bits per heavy atom. The molecule has 98 valence electrons. The van der Waals surface area contributed by atoms with Crippen LogP contribution in [0.15, 0.2) is 0 Å². The topological polar surface area (TPSA) is 83.8 Å². The third-order valence-corrected chi connectivity index (χ3v) is 2.98. The molecule has 5 nitrogen and oxygen atoms in total. The number of aliphatic hydroxyl groups is 1. The highest BCUT2D eigenvalue weighted by molar-refractivity contribution is 5.80. The van der Waals surface area contributed by atoms with Crippen molar-refractivity contribution in [3.8, 4) is 0 Å². The molecule has 17 heavy (non-hydrogen) atoms. The van der Waals surface area contributed by atoms with Crippen molar-refractivity contribution in [2.75, 3.05) is 0 Å². The second kappa shape index (κ2) is 7.27. The number of carbonyl (C=O) groups is 2. The monoisotopic (exact) mass is 244 g/mol. The first-order valence-corrected chi connectivity index (χ1v) is 6.20. The minimum absolute atomic E-state index is 0.161. The fourth-order valence-corrected chi connectivity index (χ4v) is 2.03. The lowest BCUT2D eigenvalue weighted by molar-refractivity contribution is -0.163. The summed E-state index contributed by atoms with van der Waals surface area (Å²) >= 11 is 0. The van der Waals surface area contributed by atoms with Crippen LogP contribution in [0, 0.1) is 0 Å². The Kier molecular flexibility index (Phi) is 5.97. The minimum atomic E-state index is -1.54.